The number of methoxy groups -OCH3 is 4. The van der Waals surface area contributed by atoms with Gasteiger partial charge in [0.05, 0.1) is 33.5 Å². The van der Waals surface area contributed by atoms with Crippen LogP contribution in [0.5, 0.6) is 23.0 Å². The van der Waals surface area contributed by atoms with E-state index < -0.39 is 17.7 Å². The smallest absolute Gasteiger partial charge is 0.258 e. The zero-order valence-corrected chi connectivity index (χ0v) is 19.0. The van der Waals surface area contributed by atoms with E-state index in [1.165, 1.54) is 59.6 Å². The van der Waals surface area contributed by atoms with Crippen molar-refractivity contribution >= 4 is 46.3 Å². The maximum atomic E-state index is 12.7. The quantitative estimate of drug-likeness (QED) is 0.420. The molecular weight excluding hydrogens is 449 g/mol. The van der Waals surface area contributed by atoms with Crippen LogP contribution < -0.4 is 24.3 Å². The van der Waals surface area contributed by atoms with E-state index in [-0.39, 0.29) is 27.9 Å². The highest BCUT2D eigenvalue weighted by atomic mass is 35.5. The van der Waals surface area contributed by atoms with E-state index in [0.29, 0.717) is 16.5 Å². The number of ether oxygens (including phenoxy) is 4. The number of carbonyl (C=O) groups is 2. The van der Waals surface area contributed by atoms with Gasteiger partial charge in [-0.3, -0.25) is 9.59 Å². The first-order chi connectivity index (χ1) is 14.7. The number of ketones is 1. The van der Waals surface area contributed by atoms with Crippen molar-refractivity contribution < 1.29 is 28.5 Å². The molecule has 0 fully saturated rings. The average Bonchev–Trinajstić information content (AvgIpc) is 2.73. The van der Waals surface area contributed by atoms with Crippen LogP contribution in [0.1, 0.15) is 6.92 Å². The van der Waals surface area contributed by atoms with E-state index in [1.807, 2.05) is 0 Å². The van der Waals surface area contributed by atoms with Crippen LogP contribution in [0.2, 0.25) is 10.0 Å². The van der Waals surface area contributed by atoms with Gasteiger partial charge in [0.15, 0.2) is 34.5 Å². The number of nitrogens with zero attached hydrogens (tertiary/aromatic N) is 2. The predicted octanol–water partition coefficient (Wildman–Crippen LogP) is 4.71. The number of amides is 1. The van der Waals surface area contributed by atoms with Gasteiger partial charge in [0.2, 0.25) is 6.04 Å². The van der Waals surface area contributed by atoms with E-state index in [2.05, 4.69) is 15.5 Å². The van der Waals surface area contributed by atoms with Crippen LogP contribution in [0, 0.1) is 0 Å². The molecule has 0 saturated heterocycles. The lowest BCUT2D eigenvalue weighted by molar-refractivity contribution is -0.126. The van der Waals surface area contributed by atoms with E-state index in [0.717, 1.165) is 0 Å². The number of benzene rings is 2. The maximum absolute atomic E-state index is 12.7. The Morgan fingerprint density at radius 1 is 0.903 bits per heavy atom. The number of Topliss-reactive ketones (excluding diaryl/α,β-unsaturated/α-hetero) is 1. The molecular formula is C20H21Cl2N3O6. The average molecular weight is 470 g/mol. The highest BCUT2D eigenvalue weighted by molar-refractivity contribution is 6.32. The molecule has 0 radical (unpaired) electrons. The molecule has 0 bridgehead atoms. The zero-order chi connectivity index (χ0) is 23.1. The molecule has 1 N–H and O–H groups in total. The van der Waals surface area contributed by atoms with E-state index in [1.54, 1.807) is 0 Å². The second-order valence-electron chi connectivity index (χ2n) is 6.07. The third kappa shape index (κ3) is 5.77. The number of nitrogens with one attached hydrogen (secondary N) is 1. The molecule has 1 atom stereocenters. The van der Waals surface area contributed by atoms with E-state index in [4.69, 9.17) is 42.1 Å². The van der Waals surface area contributed by atoms with Gasteiger partial charge in [-0.15, -0.1) is 5.11 Å². The molecule has 0 aliphatic carbocycles. The fraction of sp³-hybridized carbons (Fsp3) is 0.300. The Morgan fingerprint density at radius 2 is 1.48 bits per heavy atom. The van der Waals surface area contributed by atoms with Crippen molar-refractivity contribution in [1.82, 2.24) is 0 Å². The van der Waals surface area contributed by atoms with Gasteiger partial charge >= 0.3 is 0 Å². The lowest BCUT2D eigenvalue weighted by Crippen LogP contribution is -2.31. The van der Waals surface area contributed by atoms with Crippen LogP contribution in [0.3, 0.4) is 0 Å². The number of rotatable bonds is 9. The molecule has 1 unspecified atom stereocenters. The van der Waals surface area contributed by atoms with Gasteiger partial charge in [-0.2, -0.15) is 5.11 Å². The molecule has 0 aliphatic rings. The number of anilines is 1. The SMILES string of the molecule is COc1cc(Cl)cc(OC)c1N=NC(C(C)=O)C(=O)Nc1cc(Cl)c(OC)c(OC)c1. The second-order valence-corrected chi connectivity index (χ2v) is 6.91. The Labute approximate surface area is 189 Å². The first kappa shape index (κ1) is 24.2. The fourth-order valence-corrected chi connectivity index (χ4v) is 3.08. The number of hydrogen-bond donors (Lipinski definition) is 1. The summed E-state index contributed by atoms with van der Waals surface area (Å²) in [6.45, 7) is 1.22. The Kier molecular flexibility index (Phi) is 8.47. The molecule has 0 aromatic heterocycles. The highest BCUT2D eigenvalue weighted by Gasteiger charge is 2.25. The minimum absolute atomic E-state index is 0.183. The Hall–Kier alpha value is -3.04. The Balaban J connectivity index is 2.35. The van der Waals surface area contributed by atoms with Crippen molar-refractivity contribution in [3.63, 3.8) is 0 Å². The van der Waals surface area contributed by atoms with Crippen molar-refractivity contribution in [1.29, 1.82) is 0 Å². The lowest BCUT2D eigenvalue weighted by atomic mass is 10.2. The maximum Gasteiger partial charge on any atom is 0.258 e. The molecule has 2 aromatic carbocycles. The normalized spacial score (nSPS) is 11.7. The minimum atomic E-state index is -1.43. The standard InChI is InChI=1S/C20H21Cl2N3O6/c1-10(26)17(24-25-18-14(28-2)6-11(21)7-15(18)29-3)20(27)23-12-8-13(22)19(31-5)16(9-12)30-4/h6-9,17H,1-5H3,(H,23,27). The molecule has 0 aliphatic heterocycles. The summed E-state index contributed by atoms with van der Waals surface area (Å²) >= 11 is 12.2. The Morgan fingerprint density at radius 3 is 1.97 bits per heavy atom. The van der Waals surface area contributed by atoms with Crippen molar-refractivity contribution in [2.24, 2.45) is 10.2 Å². The predicted molar refractivity (Wildman–Crippen MR) is 117 cm³/mol. The van der Waals surface area contributed by atoms with Crippen LogP contribution in [-0.2, 0) is 9.59 Å². The largest absolute Gasteiger partial charge is 0.494 e. The van der Waals surface area contributed by atoms with Gasteiger partial charge in [0.25, 0.3) is 5.91 Å². The third-order valence-electron chi connectivity index (χ3n) is 4.05. The summed E-state index contributed by atoms with van der Waals surface area (Å²) in [7, 11) is 5.70. The van der Waals surface area contributed by atoms with Gasteiger partial charge in [0.1, 0.15) is 0 Å². The van der Waals surface area contributed by atoms with Crippen molar-refractivity contribution in [3.8, 4) is 23.0 Å². The van der Waals surface area contributed by atoms with Crippen molar-refractivity contribution in [2.75, 3.05) is 33.8 Å². The summed E-state index contributed by atoms with van der Waals surface area (Å²) in [6, 6.07) is 4.54. The first-order valence-corrected chi connectivity index (χ1v) is 9.56. The second kappa shape index (κ2) is 10.8. The number of halogens is 2. The molecule has 0 heterocycles. The first-order valence-electron chi connectivity index (χ1n) is 8.80. The van der Waals surface area contributed by atoms with Crippen LogP contribution in [0.4, 0.5) is 11.4 Å². The number of carbonyl (C=O) groups excluding carboxylic acids is 2. The molecule has 2 aromatic rings. The summed E-state index contributed by atoms with van der Waals surface area (Å²) in [5.74, 6) is -0.0926. The van der Waals surface area contributed by atoms with E-state index in [9.17, 15) is 9.59 Å². The van der Waals surface area contributed by atoms with E-state index >= 15 is 0 Å². The van der Waals surface area contributed by atoms with Crippen LogP contribution in [0.15, 0.2) is 34.5 Å². The van der Waals surface area contributed by atoms with Crippen LogP contribution in [-0.4, -0.2) is 46.2 Å². The van der Waals surface area contributed by atoms with Crippen molar-refractivity contribution in [3.05, 3.63) is 34.3 Å². The lowest BCUT2D eigenvalue weighted by Gasteiger charge is -2.14. The van der Waals surface area contributed by atoms with Crippen LogP contribution >= 0.6 is 23.2 Å². The summed E-state index contributed by atoms with van der Waals surface area (Å²) in [6.07, 6.45) is 0. The monoisotopic (exact) mass is 469 g/mol. The molecule has 9 nitrogen and oxygen atoms in total. The summed E-state index contributed by atoms with van der Waals surface area (Å²) in [5.41, 5.74) is 0.471. The molecule has 0 saturated carbocycles. The van der Waals surface area contributed by atoms with Crippen molar-refractivity contribution in [2.45, 2.75) is 13.0 Å². The molecule has 2 rings (SSSR count). The highest BCUT2D eigenvalue weighted by Crippen LogP contribution is 2.41. The summed E-state index contributed by atoms with van der Waals surface area (Å²) < 4.78 is 20.8. The number of hydrogen-bond acceptors (Lipinski definition) is 8. The summed E-state index contributed by atoms with van der Waals surface area (Å²) in [4.78, 5) is 24.8. The minimum Gasteiger partial charge on any atom is -0.494 e. The molecule has 11 heteroatoms. The third-order valence-corrected chi connectivity index (χ3v) is 4.55. The summed E-state index contributed by atoms with van der Waals surface area (Å²) in [5, 5.41) is 11.1. The number of azo groups is 1. The topological polar surface area (TPSA) is 108 Å². The Bertz CT molecular complexity index is 988. The fourth-order valence-electron chi connectivity index (χ4n) is 2.59. The molecule has 166 valence electrons. The van der Waals surface area contributed by atoms with Gasteiger partial charge in [-0.05, 0) is 13.0 Å². The molecule has 1 amide bonds. The molecule has 31 heavy (non-hydrogen) atoms. The van der Waals surface area contributed by atoms with Gasteiger partial charge in [-0.1, -0.05) is 23.2 Å². The molecule has 0 spiro atoms. The van der Waals surface area contributed by atoms with Crippen LogP contribution in [0.25, 0.3) is 0 Å². The van der Waals surface area contributed by atoms with Gasteiger partial charge in [0, 0.05) is 28.9 Å². The van der Waals surface area contributed by atoms with Gasteiger partial charge < -0.3 is 24.3 Å². The zero-order valence-electron chi connectivity index (χ0n) is 17.5. The van der Waals surface area contributed by atoms with Gasteiger partial charge in [-0.25, -0.2) is 0 Å².